The summed E-state index contributed by atoms with van der Waals surface area (Å²) in [5.41, 5.74) is 8.03. The SMILES string of the molecule is NCC[S@@](=O)c1c(-c2ccc(F)cc2)[nH]c2ccccc12. The van der Waals surface area contributed by atoms with Gasteiger partial charge in [-0.3, -0.25) is 4.21 Å². The Labute approximate surface area is 124 Å². The third-order valence-electron chi connectivity index (χ3n) is 3.32. The van der Waals surface area contributed by atoms with Crippen molar-refractivity contribution in [3.8, 4) is 11.3 Å². The molecule has 0 aliphatic rings. The fraction of sp³-hybridized carbons (Fsp3) is 0.125. The number of H-pyrrole nitrogens is 1. The second-order valence-electron chi connectivity index (χ2n) is 4.72. The van der Waals surface area contributed by atoms with Crippen molar-refractivity contribution in [1.29, 1.82) is 0 Å². The molecule has 3 aromatic rings. The van der Waals surface area contributed by atoms with Crippen LogP contribution in [0.3, 0.4) is 0 Å². The maximum atomic E-state index is 13.1. The van der Waals surface area contributed by atoms with E-state index in [2.05, 4.69) is 4.98 Å². The molecule has 0 aliphatic carbocycles. The average molecular weight is 302 g/mol. The van der Waals surface area contributed by atoms with E-state index in [-0.39, 0.29) is 5.82 Å². The minimum atomic E-state index is -1.19. The molecule has 21 heavy (non-hydrogen) atoms. The molecule has 0 fully saturated rings. The van der Waals surface area contributed by atoms with Gasteiger partial charge in [0.05, 0.1) is 21.4 Å². The molecule has 3 rings (SSSR count). The standard InChI is InChI=1S/C16H15FN2OS/c17-12-7-5-11(6-8-12)15-16(21(20)10-9-18)13-3-1-2-4-14(13)19-15/h1-8,19H,9-10,18H2/t21-/m1/s1. The Morgan fingerprint density at radius 3 is 2.52 bits per heavy atom. The van der Waals surface area contributed by atoms with Crippen LogP contribution in [-0.2, 0) is 10.8 Å². The molecule has 0 unspecified atom stereocenters. The summed E-state index contributed by atoms with van der Waals surface area (Å²) >= 11 is 0. The Morgan fingerprint density at radius 1 is 1.10 bits per heavy atom. The molecule has 3 N–H and O–H groups in total. The number of aromatic nitrogens is 1. The van der Waals surface area contributed by atoms with Gasteiger partial charge in [0, 0.05) is 23.2 Å². The molecule has 0 spiro atoms. The predicted octanol–water partition coefficient (Wildman–Crippen LogP) is 3.04. The molecule has 108 valence electrons. The summed E-state index contributed by atoms with van der Waals surface area (Å²) in [7, 11) is -1.19. The second kappa shape index (κ2) is 5.79. The van der Waals surface area contributed by atoms with E-state index in [9.17, 15) is 8.60 Å². The molecule has 0 bridgehead atoms. The third kappa shape index (κ3) is 2.62. The number of nitrogens with one attached hydrogen (secondary N) is 1. The highest BCUT2D eigenvalue weighted by Gasteiger charge is 2.17. The van der Waals surface area contributed by atoms with E-state index in [1.165, 1.54) is 12.1 Å². The molecule has 1 heterocycles. The van der Waals surface area contributed by atoms with E-state index < -0.39 is 10.8 Å². The topological polar surface area (TPSA) is 58.9 Å². The Kier molecular flexibility index (Phi) is 3.86. The molecule has 0 amide bonds. The van der Waals surface area contributed by atoms with E-state index in [4.69, 9.17) is 5.73 Å². The second-order valence-corrected chi connectivity index (χ2v) is 6.23. The lowest BCUT2D eigenvalue weighted by molar-refractivity contribution is 0.628. The van der Waals surface area contributed by atoms with Crippen LogP contribution in [-0.4, -0.2) is 21.5 Å². The highest BCUT2D eigenvalue weighted by molar-refractivity contribution is 7.85. The quantitative estimate of drug-likeness (QED) is 0.778. The molecular formula is C16H15FN2OS. The fourth-order valence-electron chi connectivity index (χ4n) is 2.38. The lowest BCUT2D eigenvalue weighted by atomic mass is 10.1. The van der Waals surface area contributed by atoms with E-state index in [0.29, 0.717) is 12.3 Å². The third-order valence-corrected chi connectivity index (χ3v) is 4.81. The number of hydrogen-bond donors (Lipinski definition) is 2. The van der Waals surface area contributed by atoms with Crippen molar-refractivity contribution in [2.45, 2.75) is 4.90 Å². The van der Waals surface area contributed by atoms with Crippen molar-refractivity contribution in [1.82, 2.24) is 4.98 Å². The van der Waals surface area contributed by atoms with Crippen molar-refractivity contribution in [3.05, 3.63) is 54.3 Å². The first-order valence-corrected chi connectivity index (χ1v) is 7.97. The van der Waals surface area contributed by atoms with Crippen LogP contribution in [0.2, 0.25) is 0 Å². The van der Waals surface area contributed by atoms with Gasteiger partial charge in [0.1, 0.15) is 5.82 Å². The molecule has 1 atom stereocenters. The summed E-state index contributed by atoms with van der Waals surface area (Å²) in [6.45, 7) is 0.356. The first kappa shape index (κ1) is 14.0. The van der Waals surface area contributed by atoms with Gasteiger partial charge in [-0.1, -0.05) is 18.2 Å². The maximum Gasteiger partial charge on any atom is 0.123 e. The number of nitrogens with two attached hydrogens (primary N) is 1. The molecule has 2 aromatic carbocycles. The van der Waals surface area contributed by atoms with Gasteiger partial charge in [0.2, 0.25) is 0 Å². The van der Waals surface area contributed by atoms with Gasteiger partial charge < -0.3 is 10.7 Å². The minimum Gasteiger partial charge on any atom is -0.354 e. The van der Waals surface area contributed by atoms with Crippen LogP contribution in [0.4, 0.5) is 4.39 Å². The summed E-state index contributed by atoms with van der Waals surface area (Å²) in [6, 6.07) is 13.9. The molecular weight excluding hydrogens is 287 g/mol. The largest absolute Gasteiger partial charge is 0.354 e. The van der Waals surface area contributed by atoms with E-state index in [1.54, 1.807) is 12.1 Å². The Morgan fingerprint density at radius 2 is 1.81 bits per heavy atom. The minimum absolute atomic E-state index is 0.292. The average Bonchev–Trinajstić information content (AvgIpc) is 2.87. The van der Waals surface area contributed by atoms with Gasteiger partial charge in [-0.05, 0) is 35.9 Å². The normalized spacial score (nSPS) is 12.7. The van der Waals surface area contributed by atoms with Gasteiger partial charge >= 0.3 is 0 Å². The van der Waals surface area contributed by atoms with Gasteiger partial charge in [-0.2, -0.15) is 0 Å². The predicted molar refractivity (Wildman–Crippen MR) is 84.0 cm³/mol. The number of fused-ring (bicyclic) bond motifs is 1. The molecule has 0 aliphatic heterocycles. The van der Waals surface area contributed by atoms with Crippen LogP contribution >= 0.6 is 0 Å². The summed E-state index contributed by atoms with van der Waals surface area (Å²) < 4.78 is 25.6. The Balaban J connectivity index is 2.23. The first-order valence-electron chi connectivity index (χ1n) is 6.66. The molecule has 0 saturated carbocycles. The van der Waals surface area contributed by atoms with Gasteiger partial charge in [0.25, 0.3) is 0 Å². The lowest BCUT2D eigenvalue weighted by Crippen LogP contribution is -2.10. The maximum absolute atomic E-state index is 13.1. The van der Waals surface area contributed by atoms with Crippen LogP contribution in [0.25, 0.3) is 22.2 Å². The van der Waals surface area contributed by atoms with Crippen LogP contribution in [0.15, 0.2) is 53.4 Å². The van der Waals surface area contributed by atoms with Crippen molar-refractivity contribution in [2.75, 3.05) is 12.3 Å². The van der Waals surface area contributed by atoms with E-state index >= 15 is 0 Å². The number of benzene rings is 2. The first-order chi connectivity index (χ1) is 10.2. The van der Waals surface area contributed by atoms with Gasteiger partial charge in [0.15, 0.2) is 0 Å². The number of halogens is 1. The van der Waals surface area contributed by atoms with E-state index in [0.717, 1.165) is 27.1 Å². The van der Waals surface area contributed by atoms with Gasteiger partial charge in [-0.25, -0.2) is 4.39 Å². The zero-order valence-corrected chi connectivity index (χ0v) is 12.1. The molecule has 0 saturated heterocycles. The zero-order chi connectivity index (χ0) is 14.8. The van der Waals surface area contributed by atoms with Crippen molar-refractivity contribution < 1.29 is 8.60 Å². The Hall–Kier alpha value is -1.98. The molecule has 0 radical (unpaired) electrons. The summed E-state index contributed by atoms with van der Waals surface area (Å²) in [5, 5.41) is 0.920. The highest BCUT2D eigenvalue weighted by atomic mass is 32.2. The number of aromatic amines is 1. The van der Waals surface area contributed by atoms with Crippen LogP contribution in [0.5, 0.6) is 0 Å². The van der Waals surface area contributed by atoms with Crippen molar-refractivity contribution in [2.24, 2.45) is 5.73 Å². The van der Waals surface area contributed by atoms with Crippen LogP contribution in [0, 0.1) is 5.82 Å². The summed E-state index contributed by atoms with van der Waals surface area (Å²) in [4.78, 5) is 4.02. The monoisotopic (exact) mass is 302 g/mol. The molecule has 1 aromatic heterocycles. The highest BCUT2D eigenvalue weighted by Crippen LogP contribution is 2.33. The summed E-state index contributed by atoms with van der Waals surface area (Å²) in [6.07, 6.45) is 0. The number of rotatable bonds is 4. The van der Waals surface area contributed by atoms with Crippen LogP contribution in [0.1, 0.15) is 0 Å². The van der Waals surface area contributed by atoms with E-state index in [1.807, 2.05) is 24.3 Å². The summed E-state index contributed by atoms with van der Waals surface area (Å²) in [5.74, 6) is 0.107. The fourth-order valence-corrected chi connectivity index (χ4v) is 3.62. The molecule has 5 heteroatoms. The van der Waals surface area contributed by atoms with Crippen molar-refractivity contribution >= 4 is 21.7 Å². The van der Waals surface area contributed by atoms with Crippen LogP contribution < -0.4 is 5.73 Å². The smallest absolute Gasteiger partial charge is 0.123 e. The zero-order valence-electron chi connectivity index (χ0n) is 11.3. The lowest BCUT2D eigenvalue weighted by Gasteiger charge is -2.04. The molecule has 3 nitrogen and oxygen atoms in total. The van der Waals surface area contributed by atoms with Gasteiger partial charge in [-0.15, -0.1) is 0 Å². The number of para-hydroxylation sites is 1. The Bertz CT molecular complexity index is 796. The number of hydrogen-bond acceptors (Lipinski definition) is 2. The van der Waals surface area contributed by atoms with Crippen molar-refractivity contribution in [3.63, 3.8) is 0 Å².